The minimum absolute atomic E-state index is 0.0494. The third-order valence-corrected chi connectivity index (χ3v) is 6.98. The van der Waals surface area contributed by atoms with Gasteiger partial charge in [-0.05, 0) is 85.7 Å². The van der Waals surface area contributed by atoms with E-state index >= 15 is 0 Å². The number of aromatic nitrogens is 5. The second kappa shape index (κ2) is 9.43. The Hall–Kier alpha value is -2.84. The van der Waals surface area contributed by atoms with Crippen LogP contribution in [-0.4, -0.2) is 30.1 Å². The van der Waals surface area contributed by atoms with E-state index in [2.05, 4.69) is 96.6 Å². The first kappa shape index (κ1) is 24.3. The summed E-state index contributed by atoms with van der Waals surface area (Å²) < 4.78 is 1.91. The molecule has 7 nitrogen and oxygen atoms in total. The molecule has 0 fully saturated rings. The zero-order valence-corrected chi connectivity index (χ0v) is 21.9. The van der Waals surface area contributed by atoms with Gasteiger partial charge in [-0.25, -0.2) is 4.68 Å². The van der Waals surface area contributed by atoms with Gasteiger partial charge in [0.2, 0.25) is 0 Å². The van der Waals surface area contributed by atoms with E-state index < -0.39 is 0 Å². The number of thiophene rings is 1. The molecule has 1 aromatic carbocycles. The van der Waals surface area contributed by atoms with Gasteiger partial charge < -0.3 is 4.98 Å². The molecule has 0 saturated carbocycles. The van der Waals surface area contributed by atoms with Gasteiger partial charge in [0.15, 0.2) is 5.82 Å². The summed E-state index contributed by atoms with van der Waals surface area (Å²) in [6.45, 7) is 16.0. The summed E-state index contributed by atoms with van der Waals surface area (Å²) in [6.07, 6.45) is 0. The second-order valence-electron chi connectivity index (χ2n) is 10.5. The summed E-state index contributed by atoms with van der Waals surface area (Å²) in [5.74, 6) is 1.05. The Morgan fingerprint density at radius 3 is 2.56 bits per heavy atom. The molecule has 34 heavy (non-hydrogen) atoms. The summed E-state index contributed by atoms with van der Waals surface area (Å²) >= 11 is 1.72. The monoisotopic (exact) mass is 478 g/mol. The number of fused-ring (bicyclic) bond motifs is 1. The van der Waals surface area contributed by atoms with Gasteiger partial charge in [0, 0.05) is 34.4 Å². The predicted octanol–water partition coefficient (Wildman–Crippen LogP) is 5.35. The van der Waals surface area contributed by atoms with Crippen molar-refractivity contribution in [2.75, 3.05) is 0 Å². The van der Waals surface area contributed by atoms with Crippen LogP contribution in [0, 0.1) is 19.8 Å². The number of nitrogens with one attached hydrogen (secondary N) is 1. The molecular weight excluding hydrogens is 444 g/mol. The Kier molecular flexibility index (Phi) is 6.73. The smallest absolute Gasteiger partial charge is 0.252 e. The maximum absolute atomic E-state index is 13.2. The number of aryl methyl sites for hydroxylation is 2. The van der Waals surface area contributed by atoms with Crippen molar-refractivity contribution in [3.63, 3.8) is 0 Å². The number of hydrogen-bond acceptors (Lipinski definition) is 6. The van der Waals surface area contributed by atoms with Crippen LogP contribution in [0.2, 0.25) is 0 Å². The molecular formula is C26H34N6OS. The molecule has 1 N–H and O–H groups in total. The van der Waals surface area contributed by atoms with Crippen LogP contribution in [0.1, 0.15) is 68.1 Å². The molecule has 0 aliphatic carbocycles. The van der Waals surface area contributed by atoms with Crippen molar-refractivity contribution in [2.24, 2.45) is 5.92 Å². The van der Waals surface area contributed by atoms with E-state index in [4.69, 9.17) is 0 Å². The number of hydrogen-bond donors (Lipinski definition) is 1. The van der Waals surface area contributed by atoms with Gasteiger partial charge in [0.05, 0.1) is 11.6 Å². The first-order valence-corrected chi connectivity index (χ1v) is 12.6. The number of nitrogens with zero attached hydrogens (tertiary/aromatic N) is 5. The maximum atomic E-state index is 13.2. The lowest BCUT2D eigenvalue weighted by molar-refractivity contribution is 0.121. The Labute approximate surface area is 204 Å². The van der Waals surface area contributed by atoms with Gasteiger partial charge in [0.1, 0.15) is 0 Å². The molecule has 8 heteroatoms. The van der Waals surface area contributed by atoms with Crippen LogP contribution in [0.4, 0.5) is 0 Å². The third kappa shape index (κ3) is 4.98. The summed E-state index contributed by atoms with van der Waals surface area (Å²) in [6, 6.07) is 10.4. The van der Waals surface area contributed by atoms with E-state index in [1.54, 1.807) is 11.3 Å². The molecule has 0 aliphatic heterocycles. The fourth-order valence-electron chi connectivity index (χ4n) is 4.65. The number of benzene rings is 1. The van der Waals surface area contributed by atoms with Crippen molar-refractivity contribution in [1.82, 2.24) is 30.1 Å². The molecule has 0 aliphatic rings. The van der Waals surface area contributed by atoms with Crippen molar-refractivity contribution in [2.45, 2.75) is 73.1 Å². The van der Waals surface area contributed by atoms with Crippen molar-refractivity contribution >= 4 is 22.2 Å². The first-order valence-electron chi connectivity index (χ1n) is 11.7. The highest BCUT2D eigenvalue weighted by atomic mass is 32.1. The molecule has 3 aromatic heterocycles. The fraction of sp³-hybridized carbons (Fsp3) is 0.462. The van der Waals surface area contributed by atoms with E-state index in [0.717, 1.165) is 33.4 Å². The van der Waals surface area contributed by atoms with Gasteiger partial charge in [-0.1, -0.05) is 26.0 Å². The quantitative estimate of drug-likeness (QED) is 0.387. The molecule has 4 aromatic rings. The van der Waals surface area contributed by atoms with E-state index in [1.165, 1.54) is 4.88 Å². The lowest BCUT2D eigenvalue weighted by Crippen LogP contribution is -2.37. The average molecular weight is 479 g/mol. The van der Waals surface area contributed by atoms with Gasteiger partial charge in [-0.15, -0.1) is 16.4 Å². The Balaban J connectivity index is 1.81. The molecule has 0 bridgehead atoms. The molecule has 0 amide bonds. The average Bonchev–Trinajstić information content (AvgIpc) is 3.40. The van der Waals surface area contributed by atoms with Gasteiger partial charge >= 0.3 is 0 Å². The first-order chi connectivity index (χ1) is 16.0. The number of tetrazole rings is 1. The Morgan fingerprint density at radius 2 is 1.91 bits per heavy atom. The van der Waals surface area contributed by atoms with E-state index in [9.17, 15) is 4.79 Å². The van der Waals surface area contributed by atoms with E-state index in [0.29, 0.717) is 13.1 Å². The molecule has 180 valence electrons. The highest BCUT2D eigenvalue weighted by Gasteiger charge is 2.33. The lowest BCUT2D eigenvalue weighted by atomic mass is 9.98. The van der Waals surface area contributed by atoms with E-state index in [1.807, 2.05) is 17.7 Å². The molecule has 0 saturated heterocycles. The standard InChI is InChI=1S/C26H34N6OS/c1-16(2)23(24-28-29-30-32(24)26(5,6)7)31(15-20-9-8-10-34-20)14-19-13-21-18(4)11-17(3)12-22(21)27-25(19)33/h8-13,16,23H,14-15H2,1-7H3,(H,27,33)/t23-/m1/s1. The van der Waals surface area contributed by atoms with Gasteiger partial charge in [-0.3, -0.25) is 9.69 Å². The van der Waals surface area contributed by atoms with Crippen LogP contribution >= 0.6 is 11.3 Å². The molecule has 0 radical (unpaired) electrons. The number of rotatable bonds is 7. The number of aromatic amines is 1. The summed E-state index contributed by atoms with van der Waals surface area (Å²) in [4.78, 5) is 19.9. The van der Waals surface area contributed by atoms with Crippen LogP contribution < -0.4 is 5.56 Å². The minimum atomic E-state index is -0.254. The largest absolute Gasteiger partial charge is 0.322 e. The van der Waals surface area contributed by atoms with Crippen molar-refractivity contribution in [3.8, 4) is 0 Å². The van der Waals surface area contributed by atoms with Crippen molar-refractivity contribution < 1.29 is 0 Å². The van der Waals surface area contributed by atoms with Crippen LogP contribution in [-0.2, 0) is 18.6 Å². The molecule has 0 spiro atoms. The SMILES string of the molecule is Cc1cc(C)c2cc(CN(Cc3cccs3)[C@@H](c3nnnn3C(C)(C)C)C(C)C)c(=O)[nH]c2c1. The van der Waals surface area contributed by atoms with Crippen LogP contribution in [0.25, 0.3) is 10.9 Å². The Morgan fingerprint density at radius 1 is 1.15 bits per heavy atom. The zero-order valence-electron chi connectivity index (χ0n) is 21.1. The Bertz CT molecular complexity index is 1330. The van der Waals surface area contributed by atoms with Crippen LogP contribution in [0.3, 0.4) is 0 Å². The number of pyridine rings is 1. The zero-order chi connectivity index (χ0) is 24.6. The highest BCUT2D eigenvalue weighted by Crippen LogP contribution is 2.33. The number of H-pyrrole nitrogens is 1. The summed E-state index contributed by atoms with van der Waals surface area (Å²) in [7, 11) is 0. The lowest BCUT2D eigenvalue weighted by Gasteiger charge is -2.35. The summed E-state index contributed by atoms with van der Waals surface area (Å²) in [5.41, 5.74) is 3.63. The normalized spacial score (nSPS) is 13.3. The van der Waals surface area contributed by atoms with Gasteiger partial charge in [0.25, 0.3) is 5.56 Å². The molecule has 1 atom stereocenters. The van der Waals surface area contributed by atoms with Crippen molar-refractivity contribution in [1.29, 1.82) is 0 Å². The predicted molar refractivity (Wildman–Crippen MR) is 138 cm³/mol. The minimum Gasteiger partial charge on any atom is -0.322 e. The molecule has 0 unspecified atom stereocenters. The summed E-state index contributed by atoms with van der Waals surface area (Å²) in [5, 5.41) is 16.0. The van der Waals surface area contributed by atoms with Gasteiger partial charge in [-0.2, -0.15) is 0 Å². The van der Waals surface area contributed by atoms with Crippen molar-refractivity contribution in [3.05, 3.63) is 73.5 Å². The third-order valence-electron chi connectivity index (χ3n) is 6.12. The topological polar surface area (TPSA) is 79.7 Å². The maximum Gasteiger partial charge on any atom is 0.252 e. The fourth-order valence-corrected chi connectivity index (χ4v) is 5.38. The van der Waals surface area contributed by atoms with Crippen LogP contribution in [0.5, 0.6) is 0 Å². The van der Waals surface area contributed by atoms with E-state index in [-0.39, 0.29) is 23.1 Å². The molecule has 4 rings (SSSR count). The van der Waals surface area contributed by atoms with Crippen LogP contribution in [0.15, 0.2) is 40.5 Å². The second-order valence-corrected chi connectivity index (χ2v) is 11.5. The highest BCUT2D eigenvalue weighted by molar-refractivity contribution is 7.09. The molecule has 3 heterocycles.